The highest BCUT2D eigenvalue weighted by Crippen LogP contribution is 2.12. The van der Waals surface area contributed by atoms with E-state index in [0.29, 0.717) is 5.58 Å². The maximum absolute atomic E-state index is 11.5. The second-order valence-electron chi connectivity index (χ2n) is 3.38. The fraction of sp³-hybridized carbons (Fsp3) is 0.364. The third-order valence-electron chi connectivity index (χ3n) is 2.34. The van der Waals surface area contributed by atoms with Crippen LogP contribution in [0.15, 0.2) is 33.5 Å². The Morgan fingerprint density at radius 1 is 1.27 bits per heavy atom. The predicted molar refractivity (Wildman–Crippen MR) is 63.5 cm³/mol. The van der Waals surface area contributed by atoms with Gasteiger partial charge in [0.05, 0.1) is 5.52 Å². The minimum atomic E-state index is -0.259. The number of hydrogen-bond donors (Lipinski definition) is 0. The summed E-state index contributed by atoms with van der Waals surface area (Å²) in [4.78, 5) is 11.5. The van der Waals surface area contributed by atoms with Crippen LogP contribution in [0.1, 0.15) is 12.8 Å². The summed E-state index contributed by atoms with van der Waals surface area (Å²) in [6, 6.07) is 7.51. The molecule has 1 heterocycles. The Hall–Kier alpha value is -1.03. The van der Waals surface area contributed by atoms with E-state index in [4.69, 9.17) is 4.42 Å². The van der Waals surface area contributed by atoms with Crippen LogP contribution < -0.4 is 5.76 Å². The molecule has 0 fully saturated rings. The van der Waals surface area contributed by atoms with Crippen molar-refractivity contribution in [2.75, 3.05) is 5.33 Å². The van der Waals surface area contributed by atoms with E-state index in [1.165, 1.54) is 0 Å². The first-order valence-electron chi connectivity index (χ1n) is 4.97. The third-order valence-corrected chi connectivity index (χ3v) is 2.90. The predicted octanol–water partition coefficient (Wildman–Crippen LogP) is 2.77. The molecule has 15 heavy (non-hydrogen) atoms. The molecule has 0 saturated heterocycles. The minimum absolute atomic E-state index is 0.259. The number of nitrogens with zero attached hydrogens (tertiary/aromatic N) is 1. The zero-order valence-corrected chi connectivity index (χ0v) is 9.87. The van der Waals surface area contributed by atoms with Gasteiger partial charge in [-0.3, -0.25) is 4.57 Å². The first-order chi connectivity index (χ1) is 7.33. The van der Waals surface area contributed by atoms with Gasteiger partial charge in [0.15, 0.2) is 5.58 Å². The molecule has 0 N–H and O–H groups in total. The molecule has 0 saturated carbocycles. The van der Waals surface area contributed by atoms with E-state index in [-0.39, 0.29) is 5.76 Å². The Kier molecular flexibility index (Phi) is 3.26. The average molecular weight is 270 g/mol. The molecule has 0 unspecified atom stereocenters. The molecule has 4 heteroatoms. The zero-order valence-electron chi connectivity index (χ0n) is 8.28. The quantitative estimate of drug-likeness (QED) is 0.632. The molecule has 0 bridgehead atoms. The van der Waals surface area contributed by atoms with Crippen molar-refractivity contribution in [1.29, 1.82) is 0 Å². The molecule has 2 rings (SSSR count). The lowest BCUT2D eigenvalue weighted by Gasteiger charge is -1.99. The van der Waals surface area contributed by atoms with Crippen molar-refractivity contribution in [3.8, 4) is 0 Å². The number of halogens is 1. The summed E-state index contributed by atoms with van der Waals surface area (Å²) in [5.41, 5.74) is 1.55. The largest absolute Gasteiger partial charge is 0.419 e. The van der Waals surface area contributed by atoms with Crippen molar-refractivity contribution in [2.45, 2.75) is 19.4 Å². The van der Waals surface area contributed by atoms with Crippen LogP contribution in [0.25, 0.3) is 11.1 Å². The molecule has 80 valence electrons. The first kappa shape index (κ1) is 10.5. The summed E-state index contributed by atoms with van der Waals surface area (Å²) in [7, 11) is 0. The summed E-state index contributed by atoms with van der Waals surface area (Å²) in [5.74, 6) is -0.259. The van der Waals surface area contributed by atoms with Crippen molar-refractivity contribution >= 4 is 27.0 Å². The van der Waals surface area contributed by atoms with Gasteiger partial charge in [0, 0.05) is 11.9 Å². The zero-order chi connectivity index (χ0) is 10.7. The number of aromatic nitrogens is 1. The fourth-order valence-electron chi connectivity index (χ4n) is 1.59. The van der Waals surface area contributed by atoms with E-state index in [9.17, 15) is 4.79 Å². The minimum Gasteiger partial charge on any atom is -0.408 e. The van der Waals surface area contributed by atoms with Crippen LogP contribution in [0, 0.1) is 0 Å². The van der Waals surface area contributed by atoms with Gasteiger partial charge in [0.2, 0.25) is 0 Å². The molecular weight excluding hydrogens is 258 g/mol. The molecule has 0 spiro atoms. The number of aryl methyl sites for hydroxylation is 1. The highest BCUT2D eigenvalue weighted by Gasteiger charge is 2.06. The summed E-state index contributed by atoms with van der Waals surface area (Å²) >= 11 is 3.37. The number of para-hydroxylation sites is 2. The Labute approximate surface area is 95.8 Å². The molecule has 0 radical (unpaired) electrons. The van der Waals surface area contributed by atoms with E-state index < -0.39 is 0 Å². The van der Waals surface area contributed by atoms with Crippen molar-refractivity contribution in [3.63, 3.8) is 0 Å². The first-order valence-corrected chi connectivity index (χ1v) is 6.09. The fourth-order valence-corrected chi connectivity index (χ4v) is 1.99. The Morgan fingerprint density at radius 3 is 2.87 bits per heavy atom. The molecule has 0 amide bonds. The lowest BCUT2D eigenvalue weighted by Crippen LogP contribution is -2.14. The molecule has 0 aliphatic rings. The van der Waals surface area contributed by atoms with Crippen LogP contribution in [-0.2, 0) is 6.54 Å². The van der Waals surface area contributed by atoms with E-state index >= 15 is 0 Å². The van der Waals surface area contributed by atoms with Gasteiger partial charge < -0.3 is 4.42 Å². The second-order valence-corrected chi connectivity index (χ2v) is 4.18. The number of oxazole rings is 1. The van der Waals surface area contributed by atoms with Gasteiger partial charge in [-0.25, -0.2) is 4.79 Å². The van der Waals surface area contributed by atoms with E-state index in [2.05, 4.69) is 15.9 Å². The van der Waals surface area contributed by atoms with Gasteiger partial charge in [-0.1, -0.05) is 28.1 Å². The molecule has 1 aromatic carbocycles. The van der Waals surface area contributed by atoms with Crippen molar-refractivity contribution in [1.82, 2.24) is 4.57 Å². The summed E-state index contributed by atoms with van der Waals surface area (Å²) < 4.78 is 6.82. The van der Waals surface area contributed by atoms with Gasteiger partial charge in [0.1, 0.15) is 0 Å². The van der Waals surface area contributed by atoms with Crippen LogP contribution in [0.3, 0.4) is 0 Å². The highest BCUT2D eigenvalue weighted by atomic mass is 79.9. The number of alkyl halides is 1. The smallest absolute Gasteiger partial charge is 0.408 e. The van der Waals surface area contributed by atoms with Crippen LogP contribution in [-0.4, -0.2) is 9.90 Å². The Bertz CT molecular complexity index is 501. The van der Waals surface area contributed by atoms with Crippen LogP contribution in [0.5, 0.6) is 0 Å². The third kappa shape index (κ3) is 2.15. The van der Waals surface area contributed by atoms with E-state index in [1.54, 1.807) is 4.57 Å². The standard InChI is InChI=1S/C11H12BrNO2/c12-7-3-4-8-13-9-5-1-2-6-10(9)15-11(13)14/h1-2,5-6H,3-4,7-8H2. The highest BCUT2D eigenvalue weighted by molar-refractivity contribution is 9.09. The maximum Gasteiger partial charge on any atom is 0.419 e. The summed E-state index contributed by atoms with van der Waals surface area (Å²) in [6.07, 6.45) is 2.04. The van der Waals surface area contributed by atoms with Gasteiger partial charge in [-0.2, -0.15) is 0 Å². The Balaban J connectivity index is 2.33. The van der Waals surface area contributed by atoms with Gasteiger partial charge in [-0.15, -0.1) is 0 Å². The summed E-state index contributed by atoms with van der Waals surface area (Å²) in [6.45, 7) is 0.724. The lowest BCUT2D eigenvalue weighted by atomic mass is 10.3. The summed E-state index contributed by atoms with van der Waals surface area (Å²) in [5, 5.41) is 0.970. The number of rotatable bonds is 4. The van der Waals surface area contributed by atoms with Crippen LogP contribution in [0.4, 0.5) is 0 Å². The monoisotopic (exact) mass is 269 g/mol. The average Bonchev–Trinajstić information content (AvgIpc) is 2.56. The number of unbranched alkanes of at least 4 members (excludes halogenated alkanes) is 1. The SMILES string of the molecule is O=c1oc2ccccc2n1CCCCBr. The Morgan fingerprint density at radius 2 is 2.07 bits per heavy atom. The van der Waals surface area contributed by atoms with Gasteiger partial charge in [-0.05, 0) is 25.0 Å². The van der Waals surface area contributed by atoms with Crippen molar-refractivity contribution in [2.24, 2.45) is 0 Å². The van der Waals surface area contributed by atoms with Crippen molar-refractivity contribution < 1.29 is 4.42 Å². The molecule has 0 atom stereocenters. The molecule has 0 aliphatic heterocycles. The van der Waals surface area contributed by atoms with Crippen LogP contribution in [0.2, 0.25) is 0 Å². The van der Waals surface area contributed by atoms with Crippen molar-refractivity contribution in [3.05, 3.63) is 34.8 Å². The topological polar surface area (TPSA) is 35.1 Å². The van der Waals surface area contributed by atoms with Crippen LogP contribution >= 0.6 is 15.9 Å². The van der Waals surface area contributed by atoms with Gasteiger partial charge >= 0.3 is 5.76 Å². The second kappa shape index (κ2) is 4.66. The maximum atomic E-state index is 11.5. The molecule has 3 nitrogen and oxygen atoms in total. The molecule has 1 aromatic heterocycles. The lowest BCUT2D eigenvalue weighted by molar-refractivity contribution is 0.496. The number of hydrogen-bond acceptors (Lipinski definition) is 2. The van der Waals surface area contributed by atoms with E-state index in [1.807, 2.05) is 24.3 Å². The van der Waals surface area contributed by atoms with Gasteiger partial charge in [0.25, 0.3) is 0 Å². The molecule has 2 aromatic rings. The van der Waals surface area contributed by atoms with E-state index in [0.717, 1.165) is 30.2 Å². The number of fused-ring (bicyclic) bond motifs is 1. The normalized spacial score (nSPS) is 11.0. The molecule has 0 aliphatic carbocycles. The number of benzene rings is 1. The molecular formula is C11H12BrNO2.